The fourth-order valence-electron chi connectivity index (χ4n) is 4.11. The summed E-state index contributed by atoms with van der Waals surface area (Å²) in [6, 6.07) is 14.7. The Morgan fingerprint density at radius 3 is 2.56 bits per heavy atom. The summed E-state index contributed by atoms with van der Waals surface area (Å²) in [6.45, 7) is 6.74. The molecule has 1 aliphatic heterocycles. The minimum absolute atomic E-state index is 0.193. The van der Waals surface area contributed by atoms with E-state index in [-0.39, 0.29) is 6.10 Å². The molecule has 1 aliphatic carbocycles. The molecule has 5 rings (SSSR count). The third-order valence-electron chi connectivity index (χ3n) is 6.11. The Labute approximate surface area is 189 Å². The number of hydrogen-bond donors (Lipinski definition) is 1. The van der Waals surface area contributed by atoms with Gasteiger partial charge in [0.05, 0.1) is 25.4 Å². The molecule has 1 saturated carbocycles. The molecule has 166 valence electrons. The van der Waals surface area contributed by atoms with E-state index >= 15 is 0 Å². The van der Waals surface area contributed by atoms with Crippen molar-refractivity contribution in [3.05, 3.63) is 71.5 Å². The molecule has 0 spiro atoms. The summed E-state index contributed by atoms with van der Waals surface area (Å²) in [5.41, 5.74) is 5.74. The number of nitrogens with one attached hydrogen (secondary N) is 1. The van der Waals surface area contributed by atoms with Gasteiger partial charge in [-0.15, -0.1) is 0 Å². The SMILES string of the molecule is CC(=NCc1cn[nH]c1)c1ccc(OC2CCN(c3ccc(OC4CC4)cc3C)C2)cc1. The van der Waals surface area contributed by atoms with E-state index in [4.69, 9.17) is 9.47 Å². The number of benzene rings is 2. The first kappa shape index (κ1) is 20.6. The minimum Gasteiger partial charge on any atom is -0.490 e. The highest BCUT2D eigenvalue weighted by Crippen LogP contribution is 2.32. The van der Waals surface area contributed by atoms with Crippen molar-refractivity contribution in [1.29, 1.82) is 0 Å². The molecule has 1 saturated heterocycles. The van der Waals surface area contributed by atoms with E-state index in [0.29, 0.717) is 12.6 Å². The normalized spacial score (nSPS) is 18.8. The molecule has 0 amide bonds. The highest BCUT2D eigenvalue weighted by Gasteiger charge is 2.26. The van der Waals surface area contributed by atoms with Gasteiger partial charge in [0, 0.05) is 36.1 Å². The molecule has 2 aliphatic rings. The van der Waals surface area contributed by atoms with Crippen LogP contribution >= 0.6 is 0 Å². The first-order valence-electron chi connectivity index (χ1n) is 11.4. The number of aromatic amines is 1. The van der Waals surface area contributed by atoms with Crippen molar-refractivity contribution in [1.82, 2.24) is 10.2 Å². The predicted molar refractivity (Wildman–Crippen MR) is 127 cm³/mol. The van der Waals surface area contributed by atoms with Gasteiger partial charge in [-0.3, -0.25) is 10.1 Å². The fraction of sp³-hybridized carbons (Fsp3) is 0.385. The van der Waals surface area contributed by atoms with Gasteiger partial charge in [-0.2, -0.15) is 5.10 Å². The van der Waals surface area contributed by atoms with Crippen molar-refractivity contribution in [2.24, 2.45) is 4.99 Å². The van der Waals surface area contributed by atoms with Crippen LogP contribution in [0.5, 0.6) is 11.5 Å². The summed E-state index contributed by atoms with van der Waals surface area (Å²) in [6.07, 6.45) is 7.69. The van der Waals surface area contributed by atoms with Gasteiger partial charge in [0.2, 0.25) is 0 Å². The molecule has 6 heteroatoms. The number of aliphatic imine (C=N–C) groups is 1. The number of hydrogen-bond acceptors (Lipinski definition) is 5. The first-order chi connectivity index (χ1) is 15.6. The predicted octanol–water partition coefficient (Wildman–Crippen LogP) is 4.93. The molecule has 3 aromatic rings. The Bertz CT molecular complexity index is 1070. The molecule has 1 atom stereocenters. The largest absolute Gasteiger partial charge is 0.490 e. The first-order valence-corrected chi connectivity index (χ1v) is 11.4. The number of rotatable bonds is 8. The van der Waals surface area contributed by atoms with Crippen LogP contribution in [0, 0.1) is 6.92 Å². The van der Waals surface area contributed by atoms with Crippen LogP contribution in [0.4, 0.5) is 5.69 Å². The van der Waals surface area contributed by atoms with E-state index in [1.165, 1.54) is 24.1 Å². The number of nitrogens with zero attached hydrogens (tertiary/aromatic N) is 3. The second-order valence-corrected chi connectivity index (χ2v) is 8.77. The topological polar surface area (TPSA) is 62.7 Å². The molecule has 32 heavy (non-hydrogen) atoms. The lowest BCUT2D eigenvalue weighted by molar-refractivity contribution is 0.225. The molecule has 1 unspecified atom stereocenters. The monoisotopic (exact) mass is 430 g/mol. The standard InChI is InChI=1S/C26H30N4O2/c1-18-13-24(31-23-7-8-23)9-10-26(18)30-12-11-25(17-30)32-22-5-3-21(4-6-22)19(2)27-14-20-15-28-29-16-20/h3-6,9-10,13,15-16,23,25H,7-8,11-12,14,17H2,1-2H3,(H,28,29). The molecule has 6 nitrogen and oxygen atoms in total. The smallest absolute Gasteiger partial charge is 0.120 e. The molecular weight excluding hydrogens is 400 g/mol. The van der Waals surface area contributed by atoms with E-state index < -0.39 is 0 Å². The maximum absolute atomic E-state index is 6.29. The Morgan fingerprint density at radius 1 is 1.06 bits per heavy atom. The van der Waals surface area contributed by atoms with E-state index in [2.05, 4.69) is 57.3 Å². The number of ether oxygens (including phenoxy) is 2. The zero-order valence-electron chi connectivity index (χ0n) is 18.8. The second-order valence-electron chi connectivity index (χ2n) is 8.77. The van der Waals surface area contributed by atoms with E-state index in [1.54, 1.807) is 6.20 Å². The highest BCUT2D eigenvalue weighted by atomic mass is 16.5. The summed E-state index contributed by atoms with van der Waals surface area (Å²) in [7, 11) is 0. The molecular formula is C26H30N4O2. The Morgan fingerprint density at radius 2 is 1.84 bits per heavy atom. The Balaban J connectivity index is 1.16. The van der Waals surface area contributed by atoms with Gasteiger partial charge in [0.25, 0.3) is 0 Å². The third kappa shape index (κ3) is 4.96. The van der Waals surface area contributed by atoms with Crippen LogP contribution in [0.2, 0.25) is 0 Å². The molecule has 2 heterocycles. The molecule has 0 bridgehead atoms. The van der Waals surface area contributed by atoms with Crippen molar-refractivity contribution in [3.63, 3.8) is 0 Å². The van der Waals surface area contributed by atoms with Gasteiger partial charge in [0.15, 0.2) is 0 Å². The molecule has 2 fully saturated rings. The number of aryl methyl sites for hydroxylation is 1. The van der Waals surface area contributed by atoms with Gasteiger partial charge in [-0.1, -0.05) is 0 Å². The fourth-order valence-corrected chi connectivity index (χ4v) is 4.11. The van der Waals surface area contributed by atoms with Gasteiger partial charge in [0.1, 0.15) is 17.6 Å². The summed E-state index contributed by atoms with van der Waals surface area (Å²) in [4.78, 5) is 7.07. The summed E-state index contributed by atoms with van der Waals surface area (Å²) >= 11 is 0. The summed E-state index contributed by atoms with van der Waals surface area (Å²) in [5, 5.41) is 6.78. The van der Waals surface area contributed by atoms with Crippen molar-refractivity contribution in [3.8, 4) is 11.5 Å². The number of anilines is 1. The lowest BCUT2D eigenvalue weighted by atomic mass is 10.1. The van der Waals surface area contributed by atoms with Crippen LogP contribution < -0.4 is 14.4 Å². The minimum atomic E-state index is 0.193. The summed E-state index contributed by atoms with van der Waals surface area (Å²) in [5.74, 6) is 1.90. The van der Waals surface area contributed by atoms with Crippen LogP contribution in [0.1, 0.15) is 42.9 Å². The van der Waals surface area contributed by atoms with Gasteiger partial charge in [-0.25, -0.2) is 0 Å². The van der Waals surface area contributed by atoms with Gasteiger partial charge < -0.3 is 14.4 Å². The van der Waals surface area contributed by atoms with E-state index in [9.17, 15) is 0 Å². The molecule has 0 radical (unpaired) electrons. The number of aromatic nitrogens is 2. The molecule has 2 aromatic carbocycles. The average molecular weight is 431 g/mol. The van der Waals surface area contributed by atoms with Crippen LogP contribution in [0.3, 0.4) is 0 Å². The lowest BCUT2D eigenvalue weighted by Crippen LogP contribution is -2.25. The quantitative estimate of drug-likeness (QED) is 0.515. The highest BCUT2D eigenvalue weighted by molar-refractivity contribution is 5.98. The molecule has 1 N–H and O–H groups in total. The van der Waals surface area contributed by atoms with Gasteiger partial charge >= 0.3 is 0 Å². The van der Waals surface area contributed by atoms with Crippen molar-refractivity contribution in [2.45, 2.75) is 51.9 Å². The third-order valence-corrected chi connectivity index (χ3v) is 6.11. The van der Waals surface area contributed by atoms with Crippen LogP contribution in [0.25, 0.3) is 0 Å². The van der Waals surface area contributed by atoms with Crippen molar-refractivity contribution in [2.75, 3.05) is 18.0 Å². The number of H-pyrrole nitrogens is 1. The van der Waals surface area contributed by atoms with Crippen molar-refractivity contribution >= 4 is 11.4 Å². The average Bonchev–Trinajstić information content (AvgIpc) is 3.24. The van der Waals surface area contributed by atoms with Crippen LogP contribution in [0.15, 0.2) is 59.9 Å². The Kier molecular flexibility index (Phi) is 5.84. The van der Waals surface area contributed by atoms with Crippen molar-refractivity contribution < 1.29 is 9.47 Å². The molecule has 1 aromatic heterocycles. The lowest BCUT2D eigenvalue weighted by Gasteiger charge is -2.22. The zero-order valence-corrected chi connectivity index (χ0v) is 18.8. The zero-order chi connectivity index (χ0) is 21.9. The van der Waals surface area contributed by atoms with Crippen LogP contribution in [-0.2, 0) is 6.54 Å². The summed E-state index contributed by atoms with van der Waals surface area (Å²) < 4.78 is 12.2. The maximum Gasteiger partial charge on any atom is 0.120 e. The van der Waals surface area contributed by atoms with E-state index in [1.807, 2.05) is 25.3 Å². The maximum atomic E-state index is 6.29. The van der Waals surface area contributed by atoms with Gasteiger partial charge in [-0.05, 0) is 80.3 Å². The Hall–Kier alpha value is -3.28. The second kappa shape index (κ2) is 9.07. The van der Waals surface area contributed by atoms with Crippen LogP contribution in [-0.4, -0.2) is 41.2 Å². The van der Waals surface area contributed by atoms with E-state index in [0.717, 1.165) is 47.8 Å².